The van der Waals surface area contributed by atoms with E-state index in [1.54, 1.807) is 0 Å². The molecular formula is C4H5Cl4F. The molecule has 1 atom stereocenters. The zero-order valence-electron chi connectivity index (χ0n) is 4.38. The van der Waals surface area contributed by atoms with Crippen LogP contribution in [0.3, 0.4) is 0 Å². The summed E-state index contributed by atoms with van der Waals surface area (Å²) < 4.78 is 9.97. The molecule has 0 saturated carbocycles. The zero-order chi connectivity index (χ0) is 7.49. The van der Waals surface area contributed by atoms with Crippen LogP contribution >= 0.6 is 46.4 Å². The third-order valence-electron chi connectivity index (χ3n) is 0.718. The van der Waals surface area contributed by atoms with Gasteiger partial charge in [0.25, 0.3) is 0 Å². The summed E-state index contributed by atoms with van der Waals surface area (Å²) in [5.74, 6) is 0. The summed E-state index contributed by atoms with van der Waals surface area (Å²) in [5.41, 5.74) is 0. The van der Waals surface area contributed by atoms with Crippen molar-refractivity contribution in [1.29, 1.82) is 0 Å². The molecule has 0 heterocycles. The van der Waals surface area contributed by atoms with E-state index in [9.17, 15) is 4.39 Å². The normalized spacial score (nSPS) is 15.7. The number of halogens is 5. The maximum absolute atomic E-state index is 11.5. The van der Waals surface area contributed by atoms with Crippen LogP contribution in [0.1, 0.15) is 6.42 Å². The monoisotopic (exact) mass is 212 g/mol. The van der Waals surface area contributed by atoms with Gasteiger partial charge in [0.2, 0.25) is 3.79 Å². The van der Waals surface area contributed by atoms with Crippen LogP contribution in [0, 0.1) is 0 Å². The first-order chi connectivity index (χ1) is 3.98. The van der Waals surface area contributed by atoms with Gasteiger partial charge in [-0.1, -0.05) is 34.8 Å². The maximum Gasteiger partial charge on any atom is 0.206 e. The van der Waals surface area contributed by atoms with Crippen LogP contribution in [0.25, 0.3) is 0 Å². The Morgan fingerprint density at radius 3 is 1.89 bits per heavy atom. The minimum atomic E-state index is -1.55. The molecule has 0 saturated heterocycles. The molecular weight excluding hydrogens is 209 g/mol. The Morgan fingerprint density at radius 1 is 1.33 bits per heavy atom. The molecule has 0 nitrogen and oxygen atoms in total. The fourth-order valence-corrected chi connectivity index (χ4v) is 0.669. The van der Waals surface area contributed by atoms with Crippen molar-refractivity contribution in [3.05, 3.63) is 0 Å². The predicted octanol–water partition coefficient (Wildman–Crippen LogP) is 3.32. The lowest BCUT2D eigenvalue weighted by Crippen LogP contribution is -2.19. The molecule has 0 aromatic rings. The molecule has 0 aliphatic rings. The van der Waals surface area contributed by atoms with Gasteiger partial charge in [0, 0.05) is 0 Å². The van der Waals surface area contributed by atoms with Gasteiger partial charge in [-0.15, -0.1) is 11.6 Å². The van der Waals surface area contributed by atoms with Crippen molar-refractivity contribution in [2.45, 2.75) is 15.6 Å². The second kappa shape index (κ2) is 4.07. The van der Waals surface area contributed by atoms with Gasteiger partial charge in [0.05, 0.1) is 12.1 Å². The van der Waals surface area contributed by atoms with E-state index in [1.807, 2.05) is 0 Å². The Morgan fingerprint density at radius 2 is 1.78 bits per heavy atom. The fraction of sp³-hybridized carbons (Fsp3) is 1.00. The van der Waals surface area contributed by atoms with Crippen LogP contribution in [0.5, 0.6) is 0 Å². The van der Waals surface area contributed by atoms with E-state index in [2.05, 4.69) is 0 Å². The van der Waals surface area contributed by atoms with Gasteiger partial charge in [0.15, 0.2) is 0 Å². The Kier molecular flexibility index (Phi) is 4.56. The van der Waals surface area contributed by atoms with Gasteiger partial charge in [-0.3, -0.25) is 4.39 Å². The lowest BCUT2D eigenvalue weighted by Gasteiger charge is -2.15. The van der Waals surface area contributed by atoms with Gasteiger partial charge in [-0.05, 0) is 6.42 Å². The third kappa shape index (κ3) is 4.49. The summed E-state index contributed by atoms with van der Waals surface area (Å²) in [5, 5.41) is -0.743. The summed E-state index contributed by atoms with van der Waals surface area (Å²) >= 11 is 21.3. The van der Waals surface area contributed by atoms with Crippen LogP contribution in [0.4, 0.5) is 4.39 Å². The van der Waals surface area contributed by atoms with Crippen molar-refractivity contribution in [1.82, 2.24) is 0 Å². The van der Waals surface area contributed by atoms with Gasteiger partial charge in [0.1, 0.15) is 0 Å². The molecule has 1 unspecified atom stereocenters. The summed E-state index contributed by atoms with van der Waals surface area (Å²) in [6.07, 6.45) is 0.0675. The molecule has 0 aliphatic heterocycles. The van der Waals surface area contributed by atoms with Crippen molar-refractivity contribution >= 4 is 46.4 Å². The minimum absolute atomic E-state index is 0.0675. The first kappa shape index (κ1) is 10.1. The highest BCUT2D eigenvalue weighted by Gasteiger charge is 2.29. The molecule has 0 rings (SSSR count). The Hall–Kier alpha value is 1.09. The van der Waals surface area contributed by atoms with E-state index in [1.165, 1.54) is 0 Å². The standard InChI is InChI=1S/C4H5Cl4F/c5-3(1-2-9)4(6,7)8/h3H,1-2H2. The van der Waals surface area contributed by atoms with Crippen LogP contribution < -0.4 is 0 Å². The quantitative estimate of drug-likeness (QED) is 0.618. The van der Waals surface area contributed by atoms with Crippen LogP contribution in [-0.4, -0.2) is 15.8 Å². The molecule has 0 bridgehead atoms. The minimum Gasteiger partial charge on any atom is -0.251 e. The third-order valence-corrected chi connectivity index (χ3v) is 2.39. The largest absolute Gasteiger partial charge is 0.251 e. The molecule has 0 spiro atoms. The lowest BCUT2D eigenvalue weighted by atomic mass is 10.3. The fourth-order valence-electron chi connectivity index (χ4n) is 0.259. The Balaban J connectivity index is 3.59. The molecule has 0 radical (unpaired) electrons. The highest BCUT2D eigenvalue weighted by atomic mass is 35.6. The van der Waals surface area contributed by atoms with E-state index >= 15 is 0 Å². The molecule has 0 aromatic heterocycles. The number of hydrogen-bond donors (Lipinski definition) is 0. The van der Waals surface area contributed by atoms with Gasteiger partial charge < -0.3 is 0 Å². The molecule has 0 N–H and O–H groups in total. The highest BCUT2D eigenvalue weighted by molar-refractivity contribution is 6.70. The number of alkyl halides is 5. The van der Waals surface area contributed by atoms with Crippen LogP contribution in [0.15, 0.2) is 0 Å². The zero-order valence-corrected chi connectivity index (χ0v) is 7.41. The summed E-state index contributed by atoms with van der Waals surface area (Å²) in [6, 6.07) is 0. The first-order valence-electron chi connectivity index (χ1n) is 2.25. The van der Waals surface area contributed by atoms with Gasteiger partial charge >= 0.3 is 0 Å². The van der Waals surface area contributed by atoms with Crippen LogP contribution in [-0.2, 0) is 0 Å². The van der Waals surface area contributed by atoms with Gasteiger partial charge in [-0.25, -0.2) is 0 Å². The van der Waals surface area contributed by atoms with Crippen molar-refractivity contribution < 1.29 is 4.39 Å². The molecule has 0 amide bonds. The molecule has 5 heteroatoms. The van der Waals surface area contributed by atoms with Crippen molar-refractivity contribution in [3.63, 3.8) is 0 Å². The van der Waals surface area contributed by atoms with Crippen LogP contribution in [0.2, 0.25) is 0 Å². The van der Waals surface area contributed by atoms with E-state index in [0.29, 0.717) is 0 Å². The second-order valence-electron chi connectivity index (χ2n) is 1.49. The predicted molar refractivity (Wildman–Crippen MR) is 40.5 cm³/mol. The summed E-state index contributed by atoms with van der Waals surface area (Å²) in [6.45, 7) is -0.567. The average molecular weight is 214 g/mol. The number of hydrogen-bond acceptors (Lipinski definition) is 0. The van der Waals surface area contributed by atoms with E-state index in [0.717, 1.165) is 0 Å². The Bertz CT molecular complexity index is 79.1. The van der Waals surface area contributed by atoms with Crippen molar-refractivity contribution in [2.24, 2.45) is 0 Å². The van der Waals surface area contributed by atoms with E-state index in [-0.39, 0.29) is 6.42 Å². The summed E-state index contributed by atoms with van der Waals surface area (Å²) in [7, 11) is 0. The smallest absolute Gasteiger partial charge is 0.206 e. The Labute approximate surface area is 73.2 Å². The lowest BCUT2D eigenvalue weighted by molar-refractivity contribution is 0.466. The second-order valence-corrected chi connectivity index (χ2v) is 4.38. The van der Waals surface area contributed by atoms with Gasteiger partial charge in [-0.2, -0.15) is 0 Å². The summed E-state index contributed by atoms with van der Waals surface area (Å²) in [4.78, 5) is 0. The highest BCUT2D eigenvalue weighted by Crippen LogP contribution is 2.35. The molecule has 56 valence electrons. The maximum atomic E-state index is 11.5. The van der Waals surface area contributed by atoms with Crippen molar-refractivity contribution in [2.75, 3.05) is 6.67 Å². The molecule has 0 aromatic carbocycles. The molecule has 0 aliphatic carbocycles. The average Bonchev–Trinajstić information content (AvgIpc) is 1.64. The SMILES string of the molecule is FCCC(Cl)C(Cl)(Cl)Cl. The first-order valence-corrected chi connectivity index (χ1v) is 3.82. The molecule has 9 heavy (non-hydrogen) atoms. The number of rotatable bonds is 2. The molecule has 0 fully saturated rings. The van der Waals surface area contributed by atoms with E-state index < -0.39 is 15.8 Å². The van der Waals surface area contributed by atoms with Crippen molar-refractivity contribution in [3.8, 4) is 0 Å². The topological polar surface area (TPSA) is 0 Å². The van der Waals surface area contributed by atoms with E-state index in [4.69, 9.17) is 46.4 Å².